The van der Waals surface area contributed by atoms with E-state index in [1.165, 1.54) is 0 Å². The number of nitrogens with zero attached hydrogens (tertiary/aromatic N) is 1. The van der Waals surface area contributed by atoms with Crippen LogP contribution in [0.5, 0.6) is 0 Å². The SMILES string of the molecule is Cc1ccc(N(C#Cc2ccccc2)S(=O)(=O)c2ccc(C)cc2)cc1. The summed E-state index contributed by atoms with van der Waals surface area (Å²) in [6, 6.07) is 26.2. The van der Waals surface area contributed by atoms with Crippen LogP contribution >= 0.6 is 0 Å². The maximum atomic E-state index is 13.2. The molecular weight excluding hydrogens is 342 g/mol. The number of anilines is 1. The van der Waals surface area contributed by atoms with Gasteiger partial charge in [-0.05, 0) is 56.2 Å². The monoisotopic (exact) mass is 361 g/mol. The Labute approximate surface area is 155 Å². The van der Waals surface area contributed by atoms with Gasteiger partial charge in [-0.25, -0.2) is 8.42 Å². The van der Waals surface area contributed by atoms with Crippen molar-refractivity contribution in [3.05, 3.63) is 95.6 Å². The topological polar surface area (TPSA) is 37.4 Å². The van der Waals surface area contributed by atoms with E-state index in [2.05, 4.69) is 12.0 Å². The van der Waals surface area contributed by atoms with Crippen molar-refractivity contribution in [3.8, 4) is 12.0 Å². The number of sulfonamides is 1. The molecule has 0 saturated heterocycles. The number of hydrogen-bond acceptors (Lipinski definition) is 2. The highest BCUT2D eigenvalue weighted by atomic mass is 32.2. The molecule has 4 heteroatoms. The van der Waals surface area contributed by atoms with Gasteiger partial charge in [-0.3, -0.25) is 0 Å². The summed E-state index contributed by atoms with van der Waals surface area (Å²) in [7, 11) is -3.79. The average Bonchev–Trinajstić information content (AvgIpc) is 2.64. The van der Waals surface area contributed by atoms with Gasteiger partial charge in [-0.1, -0.05) is 53.6 Å². The standard InChI is InChI=1S/C22H19NO2S/c1-18-8-12-21(13-9-18)23(17-16-20-6-4-3-5-7-20)26(24,25)22-14-10-19(2)11-15-22/h3-15H,1-2H3. The summed E-state index contributed by atoms with van der Waals surface area (Å²) in [6.07, 6.45) is 0. The van der Waals surface area contributed by atoms with E-state index in [1.54, 1.807) is 36.4 Å². The van der Waals surface area contributed by atoms with E-state index in [0.29, 0.717) is 5.69 Å². The zero-order valence-corrected chi connectivity index (χ0v) is 15.5. The van der Waals surface area contributed by atoms with Gasteiger partial charge >= 0.3 is 0 Å². The molecule has 0 amide bonds. The lowest BCUT2D eigenvalue weighted by molar-refractivity contribution is 0.596. The normalized spacial score (nSPS) is 10.7. The number of aryl methyl sites for hydroxylation is 2. The molecule has 0 aliphatic heterocycles. The minimum atomic E-state index is -3.79. The first kappa shape index (κ1) is 17.8. The van der Waals surface area contributed by atoms with Gasteiger partial charge in [0.15, 0.2) is 0 Å². The summed E-state index contributed by atoms with van der Waals surface area (Å²) < 4.78 is 27.5. The van der Waals surface area contributed by atoms with Gasteiger partial charge < -0.3 is 0 Å². The van der Waals surface area contributed by atoms with Crippen LogP contribution in [0.1, 0.15) is 16.7 Å². The van der Waals surface area contributed by atoms with Crippen molar-refractivity contribution in [3.63, 3.8) is 0 Å². The van der Waals surface area contributed by atoms with Crippen molar-refractivity contribution in [1.82, 2.24) is 0 Å². The Morgan fingerprint density at radius 1 is 0.731 bits per heavy atom. The Balaban J connectivity index is 2.09. The first-order valence-corrected chi connectivity index (χ1v) is 9.66. The first-order chi connectivity index (χ1) is 12.5. The molecule has 0 heterocycles. The molecule has 0 spiro atoms. The molecule has 0 bridgehead atoms. The first-order valence-electron chi connectivity index (χ1n) is 8.22. The Morgan fingerprint density at radius 3 is 1.85 bits per heavy atom. The van der Waals surface area contributed by atoms with Crippen LogP contribution in [-0.2, 0) is 10.0 Å². The second-order valence-electron chi connectivity index (χ2n) is 6.02. The van der Waals surface area contributed by atoms with Crippen LogP contribution in [0.25, 0.3) is 0 Å². The fourth-order valence-corrected chi connectivity index (χ4v) is 3.65. The molecule has 0 unspecified atom stereocenters. The van der Waals surface area contributed by atoms with Crippen molar-refractivity contribution in [2.75, 3.05) is 4.31 Å². The third-order valence-corrected chi connectivity index (χ3v) is 5.55. The number of hydrogen-bond donors (Lipinski definition) is 0. The molecule has 0 aliphatic rings. The minimum Gasteiger partial charge on any atom is -0.200 e. The summed E-state index contributed by atoms with van der Waals surface area (Å²) >= 11 is 0. The van der Waals surface area contributed by atoms with Crippen molar-refractivity contribution in [1.29, 1.82) is 0 Å². The minimum absolute atomic E-state index is 0.214. The Bertz CT molecular complexity index is 1040. The highest BCUT2D eigenvalue weighted by Gasteiger charge is 2.23. The fraction of sp³-hybridized carbons (Fsp3) is 0.0909. The summed E-state index contributed by atoms with van der Waals surface area (Å²) in [4.78, 5) is 0.214. The lowest BCUT2D eigenvalue weighted by Crippen LogP contribution is -2.26. The van der Waals surface area contributed by atoms with Crippen LogP contribution in [0.4, 0.5) is 5.69 Å². The van der Waals surface area contributed by atoms with Crippen LogP contribution in [0.15, 0.2) is 83.8 Å². The maximum absolute atomic E-state index is 13.2. The maximum Gasteiger partial charge on any atom is 0.275 e. The molecule has 130 valence electrons. The van der Waals surface area contributed by atoms with Crippen LogP contribution in [0.2, 0.25) is 0 Å². The van der Waals surface area contributed by atoms with Crippen LogP contribution in [0, 0.1) is 25.8 Å². The van der Waals surface area contributed by atoms with E-state index < -0.39 is 10.0 Å². The Morgan fingerprint density at radius 2 is 1.27 bits per heavy atom. The third kappa shape index (κ3) is 3.96. The van der Waals surface area contributed by atoms with Gasteiger partial charge in [0.1, 0.15) is 0 Å². The molecule has 26 heavy (non-hydrogen) atoms. The molecule has 0 fully saturated rings. The van der Waals surface area contributed by atoms with Gasteiger partial charge in [0.2, 0.25) is 0 Å². The lowest BCUT2D eigenvalue weighted by Gasteiger charge is -2.18. The van der Waals surface area contributed by atoms with E-state index in [9.17, 15) is 8.42 Å². The molecule has 3 rings (SSSR count). The predicted octanol–water partition coefficient (Wildman–Crippen LogP) is 4.51. The lowest BCUT2D eigenvalue weighted by atomic mass is 10.2. The highest BCUT2D eigenvalue weighted by molar-refractivity contribution is 7.93. The van der Waals surface area contributed by atoms with Crippen molar-refractivity contribution >= 4 is 15.7 Å². The van der Waals surface area contributed by atoms with Gasteiger partial charge in [0, 0.05) is 11.6 Å². The molecular formula is C22H19NO2S. The second kappa shape index (κ2) is 7.47. The van der Waals surface area contributed by atoms with E-state index in [4.69, 9.17) is 0 Å². The second-order valence-corrected chi connectivity index (χ2v) is 7.81. The molecule has 0 N–H and O–H groups in total. The van der Waals surface area contributed by atoms with Gasteiger partial charge in [0.05, 0.1) is 10.6 Å². The van der Waals surface area contributed by atoms with Crippen LogP contribution in [-0.4, -0.2) is 8.42 Å². The molecule has 3 aromatic rings. The fourth-order valence-electron chi connectivity index (χ4n) is 2.40. The highest BCUT2D eigenvalue weighted by Crippen LogP contribution is 2.23. The average molecular weight is 361 g/mol. The number of benzene rings is 3. The molecule has 3 aromatic carbocycles. The van der Waals surface area contributed by atoms with Crippen molar-refractivity contribution in [2.45, 2.75) is 18.7 Å². The van der Waals surface area contributed by atoms with Crippen LogP contribution < -0.4 is 4.31 Å². The molecule has 0 radical (unpaired) electrons. The third-order valence-electron chi connectivity index (χ3n) is 3.90. The summed E-state index contributed by atoms with van der Waals surface area (Å²) in [5.74, 6) is 2.94. The largest absolute Gasteiger partial charge is 0.275 e. The molecule has 0 aromatic heterocycles. The van der Waals surface area contributed by atoms with Crippen LogP contribution in [0.3, 0.4) is 0 Å². The zero-order valence-electron chi connectivity index (χ0n) is 14.7. The van der Waals surface area contributed by atoms with Gasteiger partial charge in [-0.15, -0.1) is 0 Å². The van der Waals surface area contributed by atoms with Crippen molar-refractivity contribution < 1.29 is 8.42 Å². The van der Waals surface area contributed by atoms with E-state index in [0.717, 1.165) is 21.0 Å². The summed E-state index contributed by atoms with van der Waals surface area (Å²) in [5, 5.41) is 0. The predicted molar refractivity (Wildman–Crippen MR) is 105 cm³/mol. The van der Waals surface area contributed by atoms with Gasteiger partial charge in [-0.2, -0.15) is 4.31 Å². The van der Waals surface area contributed by atoms with Crippen molar-refractivity contribution in [2.24, 2.45) is 0 Å². The Kier molecular flexibility index (Phi) is 5.11. The zero-order chi connectivity index (χ0) is 18.6. The van der Waals surface area contributed by atoms with Gasteiger partial charge in [0.25, 0.3) is 10.0 Å². The quantitative estimate of drug-likeness (QED) is 0.508. The van der Waals surface area contributed by atoms with E-state index in [-0.39, 0.29) is 4.90 Å². The molecule has 0 saturated carbocycles. The summed E-state index contributed by atoms with van der Waals surface area (Å²) in [5.41, 5.74) is 3.32. The molecule has 3 nitrogen and oxygen atoms in total. The number of rotatable bonds is 3. The smallest absolute Gasteiger partial charge is 0.200 e. The Hall–Kier alpha value is -3.03. The molecule has 0 aliphatic carbocycles. The van der Waals surface area contributed by atoms with E-state index >= 15 is 0 Å². The van der Waals surface area contributed by atoms with E-state index in [1.807, 2.05) is 56.3 Å². The summed E-state index contributed by atoms with van der Waals surface area (Å²) in [6.45, 7) is 3.88. The molecule has 0 atom stereocenters.